The summed E-state index contributed by atoms with van der Waals surface area (Å²) in [5, 5.41) is 4.72. The van der Waals surface area contributed by atoms with Crippen LogP contribution in [0.25, 0.3) is 0 Å². The van der Waals surface area contributed by atoms with E-state index < -0.39 is 0 Å². The molecule has 0 aliphatic carbocycles. The summed E-state index contributed by atoms with van der Waals surface area (Å²) in [6.45, 7) is 2.40. The minimum atomic E-state index is 0.491. The Balaban J connectivity index is 2.30. The quantitative estimate of drug-likeness (QED) is 0.828. The van der Waals surface area contributed by atoms with Crippen molar-refractivity contribution in [2.75, 3.05) is 5.73 Å². The number of hydrogen-bond donors (Lipinski definition) is 1. The molecular weight excluding hydrogens is 202 g/mol. The van der Waals surface area contributed by atoms with Crippen molar-refractivity contribution < 1.29 is 4.42 Å². The van der Waals surface area contributed by atoms with Crippen LogP contribution >= 0.6 is 11.6 Å². The van der Waals surface area contributed by atoms with Crippen LogP contribution in [0.3, 0.4) is 0 Å². The molecule has 2 aromatic rings. The first kappa shape index (κ1) is 9.15. The molecule has 0 saturated heterocycles. The topological polar surface area (TPSA) is 57.0 Å². The fourth-order valence-electron chi connectivity index (χ4n) is 1.25. The first-order chi connectivity index (χ1) is 6.68. The van der Waals surface area contributed by atoms with E-state index >= 15 is 0 Å². The number of nitrogens with two attached hydrogens (primary N) is 1. The van der Waals surface area contributed by atoms with Gasteiger partial charge in [0.2, 0.25) is 0 Å². The van der Waals surface area contributed by atoms with Crippen LogP contribution in [-0.2, 0) is 6.54 Å². The number of nitrogens with zero attached hydrogens (tertiary/aromatic N) is 2. The highest BCUT2D eigenvalue weighted by Gasteiger charge is 2.10. The first-order valence-electron chi connectivity index (χ1n) is 4.18. The number of furan rings is 1. The number of rotatable bonds is 2. The highest BCUT2D eigenvalue weighted by Crippen LogP contribution is 2.22. The Morgan fingerprint density at radius 2 is 2.43 bits per heavy atom. The van der Waals surface area contributed by atoms with Crippen molar-refractivity contribution in [2.45, 2.75) is 13.5 Å². The van der Waals surface area contributed by atoms with Gasteiger partial charge in [-0.25, -0.2) is 4.68 Å². The van der Waals surface area contributed by atoms with Crippen LogP contribution in [0, 0.1) is 6.92 Å². The lowest BCUT2D eigenvalue weighted by atomic mass is 10.3. The molecule has 2 heterocycles. The molecule has 0 aliphatic rings. The molecule has 0 radical (unpaired) electrons. The first-order valence-corrected chi connectivity index (χ1v) is 4.55. The van der Waals surface area contributed by atoms with E-state index in [9.17, 15) is 0 Å². The molecule has 0 spiro atoms. The molecule has 14 heavy (non-hydrogen) atoms. The summed E-state index contributed by atoms with van der Waals surface area (Å²) in [6.07, 6.45) is 3.27. The van der Waals surface area contributed by atoms with Gasteiger partial charge in [-0.3, -0.25) is 0 Å². The van der Waals surface area contributed by atoms with Crippen molar-refractivity contribution in [3.63, 3.8) is 0 Å². The van der Waals surface area contributed by atoms with E-state index in [0.29, 0.717) is 17.4 Å². The minimum absolute atomic E-state index is 0.491. The van der Waals surface area contributed by atoms with Crippen molar-refractivity contribution in [3.05, 3.63) is 34.9 Å². The van der Waals surface area contributed by atoms with E-state index in [-0.39, 0.29) is 0 Å². The number of nitrogen functional groups attached to an aromatic ring is 1. The molecule has 0 atom stereocenters. The molecule has 2 aromatic heterocycles. The van der Waals surface area contributed by atoms with Crippen molar-refractivity contribution in [1.29, 1.82) is 0 Å². The zero-order valence-corrected chi connectivity index (χ0v) is 8.45. The summed E-state index contributed by atoms with van der Waals surface area (Å²) >= 11 is 5.91. The summed E-state index contributed by atoms with van der Waals surface area (Å²) in [6, 6.07) is 1.87. The van der Waals surface area contributed by atoms with E-state index in [1.54, 1.807) is 17.2 Å². The maximum Gasteiger partial charge on any atom is 0.141 e. The second kappa shape index (κ2) is 3.38. The van der Waals surface area contributed by atoms with E-state index in [0.717, 1.165) is 11.3 Å². The lowest BCUT2D eigenvalue weighted by Gasteiger charge is -2.00. The Morgan fingerprint density at radius 1 is 1.64 bits per heavy atom. The maximum atomic E-state index is 5.91. The second-order valence-corrected chi connectivity index (χ2v) is 3.45. The molecule has 2 rings (SSSR count). The summed E-state index contributed by atoms with van der Waals surface area (Å²) in [5.74, 6) is 0.491. The van der Waals surface area contributed by atoms with Gasteiger partial charge in [0, 0.05) is 5.56 Å². The van der Waals surface area contributed by atoms with E-state index in [4.69, 9.17) is 21.8 Å². The molecule has 0 amide bonds. The summed E-state index contributed by atoms with van der Waals surface area (Å²) < 4.78 is 6.60. The van der Waals surface area contributed by atoms with Crippen molar-refractivity contribution >= 4 is 17.4 Å². The zero-order valence-electron chi connectivity index (χ0n) is 7.70. The third kappa shape index (κ3) is 1.48. The SMILES string of the molecule is Cc1nn(Cc2ccoc2)c(N)c1Cl. The molecule has 0 aromatic carbocycles. The van der Waals surface area contributed by atoms with Gasteiger partial charge in [-0.1, -0.05) is 11.6 Å². The van der Waals surface area contributed by atoms with Crippen LogP contribution in [0.5, 0.6) is 0 Å². The molecule has 0 saturated carbocycles. The van der Waals surface area contributed by atoms with E-state index in [2.05, 4.69) is 5.10 Å². The van der Waals surface area contributed by atoms with Gasteiger partial charge < -0.3 is 10.2 Å². The van der Waals surface area contributed by atoms with Gasteiger partial charge in [0.1, 0.15) is 10.8 Å². The molecule has 0 unspecified atom stereocenters. The smallest absolute Gasteiger partial charge is 0.141 e. The van der Waals surface area contributed by atoms with Gasteiger partial charge in [0.05, 0.1) is 24.8 Å². The lowest BCUT2D eigenvalue weighted by Crippen LogP contribution is -2.05. The zero-order chi connectivity index (χ0) is 10.1. The Bertz CT molecular complexity index is 433. The van der Waals surface area contributed by atoms with E-state index in [1.165, 1.54) is 0 Å². The molecular formula is C9H10ClN3O. The van der Waals surface area contributed by atoms with Crippen LogP contribution < -0.4 is 5.73 Å². The highest BCUT2D eigenvalue weighted by molar-refractivity contribution is 6.33. The van der Waals surface area contributed by atoms with Crippen molar-refractivity contribution in [2.24, 2.45) is 0 Å². The van der Waals surface area contributed by atoms with Crippen LogP contribution in [0.2, 0.25) is 5.02 Å². The molecule has 0 aliphatic heterocycles. The third-order valence-electron chi connectivity index (χ3n) is 2.00. The molecule has 5 heteroatoms. The number of anilines is 1. The number of halogens is 1. The van der Waals surface area contributed by atoms with Gasteiger partial charge in [-0.05, 0) is 13.0 Å². The average Bonchev–Trinajstić information content (AvgIpc) is 2.73. The summed E-state index contributed by atoms with van der Waals surface area (Å²) in [7, 11) is 0. The van der Waals surface area contributed by atoms with Crippen molar-refractivity contribution in [3.8, 4) is 0 Å². The van der Waals surface area contributed by atoms with Gasteiger partial charge in [0.15, 0.2) is 0 Å². The molecule has 74 valence electrons. The minimum Gasteiger partial charge on any atom is -0.472 e. The van der Waals surface area contributed by atoms with Gasteiger partial charge in [-0.15, -0.1) is 0 Å². The lowest BCUT2D eigenvalue weighted by molar-refractivity contribution is 0.560. The second-order valence-electron chi connectivity index (χ2n) is 3.07. The maximum absolute atomic E-state index is 5.91. The summed E-state index contributed by atoms with van der Waals surface area (Å²) in [5.41, 5.74) is 7.51. The standard InChI is InChI=1S/C9H10ClN3O/c1-6-8(10)9(11)13(12-6)4-7-2-3-14-5-7/h2-3,5H,4,11H2,1H3. The van der Waals surface area contributed by atoms with Gasteiger partial charge in [-0.2, -0.15) is 5.10 Å². The number of aromatic nitrogens is 2. The van der Waals surface area contributed by atoms with Crippen LogP contribution in [-0.4, -0.2) is 9.78 Å². The monoisotopic (exact) mass is 211 g/mol. The number of aryl methyl sites for hydroxylation is 1. The highest BCUT2D eigenvalue weighted by atomic mass is 35.5. The summed E-state index contributed by atoms with van der Waals surface area (Å²) in [4.78, 5) is 0. The Hall–Kier alpha value is -1.42. The Morgan fingerprint density at radius 3 is 2.93 bits per heavy atom. The van der Waals surface area contributed by atoms with E-state index in [1.807, 2.05) is 13.0 Å². The van der Waals surface area contributed by atoms with Crippen molar-refractivity contribution in [1.82, 2.24) is 9.78 Å². The molecule has 2 N–H and O–H groups in total. The van der Waals surface area contributed by atoms with Gasteiger partial charge >= 0.3 is 0 Å². The average molecular weight is 212 g/mol. The normalized spacial score (nSPS) is 10.7. The third-order valence-corrected chi connectivity index (χ3v) is 2.47. The largest absolute Gasteiger partial charge is 0.472 e. The van der Waals surface area contributed by atoms with Gasteiger partial charge in [0.25, 0.3) is 0 Å². The predicted molar refractivity (Wildman–Crippen MR) is 54.2 cm³/mol. The predicted octanol–water partition coefficient (Wildman–Crippen LogP) is 2.07. The fraction of sp³-hybridized carbons (Fsp3) is 0.222. The number of hydrogen-bond acceptors (Lipinski definition) is 3. The van der Waals surface area contributed by atoms with Crippen LogP contribution in [0.15, 0.2) is 23.0 Å². The molecule has 4 nitrogen and oxygen atoms in total. The van der Waals surface area contributed by atoms with Crippen LogP contribution in [0.1, 0.15) is 11.3 Å². The Labute approximate surface area is 86.3 Å². The molecule has 0 fully saturated rings. The fourth-order valence-corrected chi connectivity index (χ4v) is 1.39. The Kier molecular flexibility index (Phi) is 2.21. The van der Waals surface area contributed by atoms with Crippen LogP contribution in [0.4, 0.5) is 5.82 Å². The molecule has 0 bridgehead atoms.